The van der Waals surface area contributed by atoms with Crippen molar-refractivity contribution in [2.45, 2.75) is 13.1 Å². The first-order valence-corrected chi connectivity index (χ1v) is 22.5. The van der Waals surface area contributed by atoms with Crippen molar-refractivity contribution in [3.8, 4) is 77.9 Å². The first kappa shape index (κ1) is 47.5. The van der Waals surface area contributed by atoms with Gasteiger partial charge >= 0.3 is 0 Å². The van der Waals surface area contributed by atoms with Crippen LogP contribution in [0.25, 0.3) is 99.4 Å². The summed E-state index contributed by atoms with van der Waals surface area (Å²) in [5.74, 6) is -19.5. The summed E-state index contributed by atoms with van der Waals surface area (Å²) in [5, 5.41) is 11.6. The summed E-state index contributed by atoms with van der Waals surface area (Å²) in [7, 11) is 0. The van der Waals surface area contributed by atoms with Crippen LogP contribution in [0.2, 0.25) is 0 Å². The Morgan fingerprint density at radius 3 is 0.851 bits per heavy atom. The van der Waals surface area contributed by atoms with Gasteiger partial charge in [-0.15, -0.1) is 0 Å². The van der Waals surface area contributed by atoms with Crippen molar-refractivity contribution in [1.29, 1.82) is 5.41 Å². The maximum Gasteiger partial charge on any atom is 0.194 e. The first-order valence-electron chi connectivity index (χ1n) is 22.5. The van der Waals surface area contributed by atoms with Gasteiger partial charge < -0.3 is 10.6 Å². The average molecular weight is 1010 g/mol. The number of guanidine groups is 1. The Morgan fingerprint density at radius 2 is 0.581 bits per heavy atom. The molecule has 10 aromatic carbocycles. The highest BCUT2D eigenvalue weighted by atomic mass is 19.2. The number of nitrogens with zero attached hydrogens (tertiary/aromatic N) is 1. The van der Waals surface area contributed by atoms with Crippen molar-refractivity contribution in [2.24, 2.45) is 5.73 Å². The van der Waals surface area contributed by atoms with Gasteiger partial charge in [0, 0.05) is 13.1 Å². The lowest BCUT2D eigenvalue weighted by Gasteiger charge is -2.24. The number of nitrogens with two attached hydrogens (primary N) is 1. The van der Waals surface area contributed by atoms with Crippen molar-refractivity contribution in [3.63, 3.8) is 0 Å². The molecular formula is C59H31F12N3. The summed E-state index contributed by atoms with van der Waals surface area (Å²) in [6.07, 6.45) is 0. The fraction of sp³-hybridized carbons (Fsp3) is 0.0339. The molecule has 0 amide bonds. The highest BCUT2D eigenvalue weighted by molar-refractivity contribution is 6.12. The topological polar surface area (TPSA) is 53.1 Å². The summed E-state index contributed by atoms with van der Waals surface area (Å²) < 4.78 is 177. The van der Waals surface area contributed by atoms with Crippen LogP contribution in [0.15, 0.2) is 146 Å². The Balaban J connectivity index is 1.25. The predicted molar refractivity (Wildman–Crippen MR) is 260 cm³/mol. The number of hydrogen-bond donors (Lipinski definition) is 2. The van der Waals surface area contributed by atoms with E-state index in [1.807, 2.05) is 36.4 Å². The van der Waals surface area contributed by atoms with Gasteiger partial charge in [0.25, 0.3) is 0 Å². The molecule has 0 spiro atoms. The minimum absolute atomic E-state index is 0.0602. The third kappa shape index (κ3) is 8.14. The lowest BCUT2D eigenvalue weighted by Crippen LogP contribution is -2.35. The van der Waals surface area contributed by atoms with Crippen molar-refractivity contribution in [3.05, 3.63) is 227 Å². The predicted octanol–water partition coefficient (Wildman–Crippen LogP) is 16.5. The second-order valence-electron chi connectivity index (χ2n) is 17.9. The molecule has 0 atom stereocenters. The van der Waals surface area contributed by atoms with Crippen LogP contribution in [0.1, 0.15) is 11.1 Å². The largest absolute Gasteiger partial charge is 0.370 e. The summed E-state index contributed by atoms with van der Waals surface area (Å²) >= 11 is 0. The van der Waals surface area contributed by atoms with Gasteiger partial charge in [-0.05, 0) is 208 Å². The quantitative estimate of drug-likeness (QED) is 0.0755. The molecule has 10 aromatic rings. The van der Waals surface area contributed by atoms with Crippen molar-refractivity contribution in [2.75, 3.05) is 0 Å². The van der Waals surface area contributed by atoms with Gasteiger partial charge in [0.2, 0.25) is 0 Å². The highest BCUT2D eigenvalue weighted by Crippen LogP contribution is 2.50. The second-order valence-corrected chi connectivity index (χ2v) is 17.9. The number of benzene rings is 10. The summed E-state index contributed by atoms with van der Waals surface area (Å²) in [4.78, 5) is 1.53. The van der Waals surface area contributed by atoms with Gasteiger partial charge in [0.1, 0.15) is 0 Å². The fourth-order valence-corrected chi connectivity index (χ4v) is 9.93. The van der Waals surface area contributed by atoms with Crippen LogP contribution in [0.5, 0.6) is 0 Å². The van der Waals surface area contributed by atoms with Gasteiger partial charge in [0.15, 0.2) is 75.8 Å². The van der Waals surface area contributed by atoms with Crippen LogP contribution in [-0.2, 0) is 13.1 Å². The second kappa shape index (κ2) is 18.0. The van der Waals surface area contributed by atoms with E-state index in [2.05, 4.69) is 0 Å². The lowest BCUT2D eigenvalue weighted by molar-refractivity contribution is 0.405. The molecule has 0 bridgehead atoms. The molecule has 11 rings (SSSR count). The third-order valence-corrected chi connectivity index (χ3v) is 13.4. The SMILES string of the molecule is N=C(N)N1Cc2c(-c3cc(-c4cc(F)c(F)c(F)c4)cc(-c4cc(F)c(F)c(F)c4)c3)cc3ccccc3c2-c2c(c(-c3cc(-c4cc(F)c(F)c(F)c4)cc(-c4cc(F)c(F)c(F)c4)c3)cc3ccccc23)C1. The minimum Gasteiger partial charge on any atom is -0.370 e. The van der Waals surface area contributed by atoms with E-state index in [1.54, 1.807) is 24.3 Å². The molecule has 0 unspecified atom stereocenters. The van der Waals surface area contributed by atoms with E-state index >= 15 is 0 Å². The van der Waals surface area contributed by atoms with Crippen LogP contribution < -0.4 is 5.73 Å². The molecule has 0 saturated heterocycles. The Bertz CT molecular complexity index is 3560. The molecule has 3 N–H and O–H groups in total. The molecule has 366 valence electrons. The van der Waals surface area contributed by atoms with Crippen molar-refractivity contribution in [1.82, 2.24) is 4.90 Å². The maximum absolute atomic E-state index is 14.9. The Kier molecular flexibility index (Phi) is 11.6. The van der Waals surface area contributed by atoms with Crippen LogP contribution in [0, 0.1) is 75.2 Å². The van der Waals surface area contributed by atoms with E-state index in [0.717, 1.165) is 48.5 Å². The lowest BCUT2D eigenvalue weighted by atomic mass is 9.81. The Morgan fingerprint density at radius 1 is 0.338 bits per heavy atom. The molecule has 0 saturated carbocycles. The van der Waals surface area contributed by atoms with Crippen LogP contribution in [0.4, 0.5) is 52.7 Å². The van der Waals surface area contributed by atoms with E-state index < -0.39 is 75.8 Å². The van der Waals surface area contributed by atoms with Crippen molar-refractivity contribution >= 4 is 27.5 Å². The van der Waals surface area contributed by atoms with Crippen LogP contribution in [0.3, 0.4) is 0 Å². The van der Waals surface area contributed by atoms with Crippen LogP contribution in [-0.4, -0.2) is 10.9 Å². The molecule has 0 fully saturated rings. The van der Waals surface area contributed by atoms with E-state index in [1.165, 1.54) is 41.3 Å². The Labute approximate surface area is 412 Å². The zero-order valence-corrected chi connectivity index (χ0v) is 37.8. The fourth-order valence-electron chi connectivity index (χ4n) is 9.93. The van der Waals surface area contributed by atoms with Gasteiger partial charge in [0.05, 0.1) is 0 Å². The minimum atomic E-state index is -1.73. The molecule has 15 heteroatoms. The zero-order chi connectivity index (χ0) is 52.0. The molecule has 74 heavy (non-hydrogen) atoms. The molecule has 0 aromatic heterocycles. The molecule has 3 nitrogen and oxygen atoms in total. The Hall–Kier alpha value is -8.85. The van der Waals surface area contributed by atoms with E-state index in [0.29, 0.717) is 54.9 Å². The number of nitrogens with one attached hydrogen (secondary N) is 1. The summed E-state index contributed by atoms with van der Waals surface area (Å²) in [6, 6.07) is 33.0. The number of fused-ring (bicyclic) bond motifs is 7. The van der Waals surface area contributed by atoms with E-state index in [4.69, 9.17) is 11.1 Å². The van der Waals surface area contributed by atoms with E-state index in [9.17, 15) is 52.7 Å². The molecule has 1 aliphatic heterocycles. The van der Waals surface area contributed by atoms with Gasteiger partial charge in [-0.25, -0.2) is 52.7 Å². The molecule has 1 heterocycles. The normalized spacial score (nSPS) is 12.3. The molecular weight excluding hydrogens is 979 g/mol. The summed E-state index contributed by atoms with van der Waals surface area (Å²) in [6.45, 7) is -0.222. The molecule has 0 aliphatic carbocycles. The third-order valence-electron chi connectivity index (χ3n) is 13.4. The smallest absolute Gasteiger partial charge is 0.194 e. The highest BCUT2D eigenvalue weighted by Gasteiger charge is 2.30. The first-order chi connectivity index (χ1) is 35.4. The zero-order valence-electron chi connectivity index (χ0n) is 37.8. The summed E-state index contributed by atoms with van der Waals surface area (Å²) in [5.41, 5.74) is 9.63. The van der Waals surface area contributed by atoms with Gasteiger partial charge in [-0.3, -0.25) is 5.41 Å². The maximum atomic E-state index is 14.9. The van der Waals surface area contributed by atoms with Gasteiger partial charge in [-0.2, -0.15) is 0 Å². The standard InChI is InChI=1S/C59H31F12N3/c60-45-17-33(18-46(61)55(45)68)29-9-30(34-19-47(62)56(69)48(63)20-34)12-37(11-29)41-15-27-5-1-3-7-39(27)53-43(41)25-74(59(72)73)26-44-42(16-28-6-2-4-8-40(28)54(44)53)38-13-31(35-21-49(64)57(70)50(65)22-35)10-32(14-38)36-23-51(66)58(71)52(67)24-36/h1-24H,25-26H2,(H3,72,73). The molecule has 1 aliphatic rings. The van der Waals surface area contributed by atoms with E-state index in [-0.39, 0.29) is 68.7 Å². The average Bonchev–Trinajstić information content (AvgIpc) is 3.59. The molecule has 0 radical (unpaired) electrons. The van der Waals surface area contributed by atoms with Crippen molar-refractivity contribution < 1.29 is 52.7 Å². The monoisotopic (exact) mass is 1010 g/mol. The number of hydrogen-bond acceptors (Lipinski definition) is 1. The number of rotatable bonds is 6. The van der Waals surface area contributed by atoms with Crippen LogP contribution >= 0.6 is 0 Å². The number of halogens is 12. The van der Waals surface area contributed by atoms with Gasteiger partial charge in [-0.1, -0.05) is 48.5 Å².